The van der Waals surface area contributed by atoms with E-state index < -0.39 is 0 Å². The fourth-order valence-corrected chi connectivity index (χ4v) is 7.73. The zero-order valence-electron chi connectivity index (χ0n) is 29.0. The van der Waals surface area contributed by atoms with Crippen LogP contribution in [0.15, 0.2) is 186 Å². The lowest BCUT2D eigenvalue weighted by Gasteiger charge is -2.11. The van der Waals surface area contributed by atoms with E-state index in [1.165, 1.54) is 11.1 Å². The number of aromatic nitrogens is 4. The van der Waals surface area contributed by atoms with E-state index in [1.807, 2.05) is 30.3 Å². The van der Waals surface area contributed by atoms with Crippen LogP contribution in [0, 0.1) is 0 Å². The van der Waals surface area contributed by atoms with Crippen LogP contribution in [0.1, 0.15) is 0 Å². The van der Waals surface area contributed by atoms with Gasteiger partial charge < -0.3 is 4.42 Å². The van der Waals surface area contributed by atoms with Crippen LogP contribution in [0.4, 0.5) is 0 Å². The van der Waals surface area contributed by atoms with Gasteiger partial charge in [-0.05, 0) is 52.6 Å². The van der Waals surface area contributed by atoms with Crippen molar-refractivity contribution in [2.75, 3.05) is 0 Å². The Kier molecular flexibility index (Phi) is 6.79. The van der Waals surface area contributed by atoms with Gasteiger partial charge in [0.25, 0.3) is 0 Å². The molecule has 0 bridgehead atoms. The van der Waals surface area contributed by atoms with Crippen LogP contribution in [-0.4, -0.2) is 19.4 Å². The van der Waals surface area contributed by atoms with Crippen molar-refractivity contribution in [1.82, 2.24) is 19.4 Å². The van der Waals surface area contributed by atoms with Gasteiger partial charge in [-0.3, -0.25) is 4.40 Å². The van der Waals surface area contributed by atoms with E-state index in [0.29, 0.717) is 5.82 Å². The summed E-state index contributed by atoms with van der Waals surface area (Å²) in [5.74, 6) is 0.697. The first kappa shape index (κ1) is 30.3. The fourth-order valence-electron chi connectivity index (χ4n) is 7.73. The van der Waals surface area contributed by atoms with Crippen molar-refractivity contribution in [3.63, 3.8) is 0 Å². The smallest absolute Gasteiger partial charge is 0.160 e. The topological polar surface area (TPSA) is 56.2 Å². The molecule has 54 heavy (non-hydrogen) atoms. The van der Waals surface area contributed by atoms with Crippen LogP contribution >= 0.6 is 0 Å². The van der Waals surface area contributed by atoms with E-state index in [2.05, 4.69) is 156 Å². The van der Waals surface area contributed by atoms with Crippen LogP contribution in [0.3, 0.4) is 0 Å². The van der Waals surface area contributed by atoms with Gasteiger partial charge in [0.2, 0.25) is 0 Å². The van der Waals surface area contributed by atoms with Crippen molar-refractivity contribution < 1.29 is 4.42 Å². The normalized spacial score (nSPS) is 11.7. The molecule has 11 aromatic rings. The molecule has 0 fully saturated rings. The zero-order valence-corrected chi connectivity index (χ0v) is 29.0. The molecule has 4 heterocycles. The predicted molar refractivity (Wildman–Crippen MR) is 220 cm³/mol. The third kappa shape index (κ3) is 4.90. The summed E-state index contributed by atoms with van der Waals surface area (Å²) in [6, 6.07) is 63.1. The fraction of sp³-hybridized carbons (Fsp3) is 0. The average Bonchev–Trinajstić information content (AvgIpc) is 3.83. The van der Waals surface area contributed by atoms with E-state index in [4.69, 9.17) is 19.4 Å². The molecule has 0 radical (unpaired) electrons. The van der Waals surface area contributed by atoms with Crippen molar-refractivity contribution in [3.8, 4) is 56.2 Å². The number of hydrogen-bond donors (Lipinski definition) is 0. The van der Waals surface area contributed by atoms with Crippen molar-refractivity contribution in [1.29, 1.82) is 0 Å². The number of imidazole rings is 1. The Morgan fingerprint density at radius 1 is 0.389 bits per heavy atom. The summed E-state index contributed by atoms with van der Waals surface area (Å²) in [6.45, 7) is 0. The van der Waals surface area contributed by atoms with Gasteiger partial charge >= 0.3 is 0 Å². The van der Waals surface area contributed by atoms with Crippen LogP contribution in [0.2, 0.25) is 0 Å². The molecule has 7 aromatic carbocycles. The molecule has 0 spiro atoms. The van der Waals surface area contributed by atoms with Gasteiger partial charge in [-0.15, -0.1) is 0 Å². The van der Waals surface area contributed by atoms with E-state index in [0.717, 1.165) is 88.7 Å². The second kappa shape index (κ2) is 12.1. The number of benzene rings is 7. The second-order valence-corrected chi connectivity index (χ2v) is 13.6. The lowest BCUT2D eigenvalue weighted by molar-refractivity contribution is 0.672. The highest BCUT2D eigenvalue weighted by Gasteiger charge is 2.20. The van der Waals surface area contributed by atoms with E-state index in [1.54, 1.807) is 0 Å². The van der Waals surface area contributed by atoms with Crippen molar-refractivity contribution >= 4 is 49.5 Å². The monoisotopic (exact) mass is 690 g/mol. The molecule has 0 unspecified atom stereocenters. The minimum Gasteiger partial charge on any atom is -0.454 e. The number of pyridine rings is 1. The van der Waals surface area contributed by atoms with Gasteiger partial charge in [0.05, 0.1) is 22.4 Å². The highest BCUT2D eigenvalue weighted by atomic mass is 16.3. The molecule has 0 saturated heterocycles. The Hall–Kier alpha value is -7.37. The third-order valence-corrected chi connectivity index (χ3v) is 10.4. The van der Waals surface area contributed by atoms with Crippen LogP contribution in [0.25, 0.3) is 106 Å². The average molecular weight is 691 g/mol. The number of rotatable bonds is 5. The third-order valence-electron chi connectivity index (χ3n) is 10.4. The van der Waals surface area contributed by atoms with E-state index >= 15 is 0 Å². The Morgan fingerprint density at radius 3 is 1.63 bits per heavy atom. The SMILES string of the molecule is c1ccc(-c2ccc(-c3cc(-c4ccc(-c5ccc6oc7c8ccccc8c8nc9ccccc9n8c7c6c5)cc4)nc(-c4ccccc4)n3)cc2)cc1. The Bertz CT molecular complexity index is 3180. The summed E-state index contributed by atoms with van der Waals surface area (Å²) in [5, 5.41) is 3.18. The summed E-state index contributed by atoms with van der Waals surface area (Å²) in [7, 11) is 0. The minimum atomic E-state index is 0.697. The molecule has 0 saturated carbocycles. The molecule has 0 aliphatic heterocycles. The molecule has 0 aliphatic rings. The highest BCUT2D eigenvalue weighted by Crippen LogP contribution is 2.40. The first-order valence-electron chi connectivity index (χ1n) is 18.1. The summed E-state index contributed by atoms with van der Waals surface area (Å²) < 4.78 is 8.88. The lowest BCUT2D eigenvalue weighted by Crippen LogP contribution is -1.96. The molecule has 5 nitrogen and oxygen atoms in total. The van der Waals surface area contributed by atoms with Gasteiger partial charge in [-0.2, -0.15) is 0 Å². The quantitative estimate of drug-likeness (QED) is 0.180. The second-order valence-electron chi connectivity index (χ2n) is 13.6. The molecule has 0 atom stereocenters. The number of hydrogen-bond acceptors (Lipinski definition) is 4. The lowest BCUT2D eigenvalue weighted by atomic mass is 9.99. The largest absolute Gasteiger partial charge is 0.454 e. The van der Waals surface area contributed by atoms with Gasteiger partial charge in [0.1, 0.15) is 16.7 Å². The number of furan rings is 1. The maximum absolute atomic E-state index is 6.62. The molecule has 11 rings (SSSR count). The van der Waals surface area contributed by atoms with Crippen molar-refractivity contribution in [2.24, 2.45) is 0 Å². The molecule has 4 aromatic heterocycles. The van der Waals surface area contributed by atoms with Crippen LogP contribution in [0.5, 0.6) is 0 Å². The zero-order chi connectivity index (χ0) is 35.6. The maximum atomic E-state index is 6.62. The predicted octanol–water partition coefficient (Wildman–Crippen LogP) is 12.7. The van der Waals surface area contributed by atoms with Gasteiger partial charge in [0.15, 0.2) is 11.4 Å². The summed E-state index contributed by atoms with van der Waals surface area (Å²) in [4.78, 5) is 15.2. The molecule has 5 heteroatoms. The maximum Gasteiger partial charge on any atom is 0.160 e. The van der Waals surface area contributed by atoms with Gasteiger partial charge in [-0.25, -0.2) is 15.0 Å². The van der Waals surface area contributed by atoms with Gasteiger partial charge in [-0.1, -0.05) is 152 Å². The highest BCUT2D eigenvalue weighted by molar-refractivity contribution is 6.19. The summed E-state index contributed by atoms with van der Waals surface area (Å²) in [5.41, 5.74) is 15.1. The minimum absolute atomic E-state index is 0.697. The molecule has 0 aliphatic carbocycles. The molecule has 0 amide bonds. The summed E-state index contributed by atoms with van der Waals surface area (Å²) >= 11 is 0. The van der Waals surface area contributed by atoms with Crippen molar-refractivity contribution in [3.05, 3.63) is 182 Å². The Morgan fingerprint density at radius 2 is 0.926 bits per heavy atom. The summed E-state index contributed by atoms with van der Waals surface area (Å²) in [6.07, 6.45) is 0. The van der Waals surface area contributed by atoms with E-state index in [9.17, 15) is 0 Å². The molecular formula is C49H30N4O. The van der Waals surface area contributed by atoms with Crippen molar-refractivity contribution in [2.45, 2.75) is 0 Å². The first-order chi connectivity index (χ1) is 26.7. The Balaban J connectivity index is 1.02. The molecular weight excluding hydrogens is 661 g/mol. The number of fused-ring (bicyclic) bond motifs is 10. The number of para-hydroxylation sites is 2. The Labute approximate surface area is 310 Å². The van der Waals surface area contributed by atoms with E-state index in [-0.39, 0.29) is 0 Å². The molecule has 0 N–H and O–H groups in total. The molecule has 252 valence electrons. The standard InChI is InChI=1S/C49H30N4O/c1-3-11-31(12-4-1)32-19-23-34(24-20-32)42-30-43(51-48(50-42)36-13-5-2-6-14-36)35-25-21-33(22-26-35)37-27-28-45-40(29-37)46-47(54-45)38-15-7-8-16-39(38)49-52-41-17-9-10-18-44(41)53(46)49/h1-30H. The van der Waals surface area contributed by atoms with Crippen LogP contribution in [-0.2, 0) is 0 Å². The van der Waals surface area contributed by atoms with Gasteiger partial charge in [0, 0.05) is 32.8 Å². The first-order valence-corrected chi connectivity index (χ1v) is 18.1. The number of nitrogens with zero attached hydrogens (tertiary/aromatic N) is 4. The van der Waals surface area contributed by atoms with Crippen LogP contribution < -0.4 is 0 Å².